The molecule has 7 heteroatoms. The van der Waals surface area contributed by atoms with Crippen molar-refractivity contribution in [3.63, 3.8) is 0 Å². The summed E-state index contributed by atoms with van der Waals surface area (Å²) in [6.45, 7) is 2.88. The molecular formula is C18H18N2O4S. The van der Waals surface area contributed by atoms with Crippen molar-refractivity contribution in [2.24, 2.45) is 0 Å². The van der Waals surface area contributed by atoms with Gasteiger partial charge in [0.05, 0.1) is 12.9 Å². The summed E-state index contributed by atoms with van der Waals surface area (Å²) < 4.78 is 15.8. The average molecular weight is 358 g/mol. The number of benzene rings is 1. The fourth-order valence-corrected chi connectivity index (χ4v) is 3.06. The Hall–Kier alpha value is -2.64. The summed E-state index contributed by atoms with van der Waals surface area (Å²) in [6, 6.07) is 10.8. The van der Waals surface area contributed by atoms with Crippen LogP contribution in [0, 0.1) is 6.92 Å². The largest absolute Gasteiger partial charge is 0.491 e. The zero-order valence-corrected chi connectivity index (χ0v) is 14.8. The van der Waals surface area contributed by atoms with Crippen LogP contribution < -0.4 is 10.1 Å². The number of thiazole rings is 1. The molecule has 0 saturated carbocycles. The number of rotatable bonds is 7. The number of amides is 1. The third-order valence-corrected chi connectivity index (χ3v) is 4.40. The first-order chi connectivity index (χ1) is 12.2. The first kappa shape index (κ1) is 17.2. The van der Waals surface area contributed by atoms with Gasteiger partial charge in [0.1, 0.15) is 18.1 Å². The molecule has 0 atom stereocenters. The van der Waals surface area contributed by atoms with Crippen molar-refractivity contribution in [2.75, 3.05) is 25.6 Å². The van der Waals surface area contributed by atoms with Gasteiger partial charge >= 0.3 is 0 Å². The van der Waals surface area contributed by atoms with Crippen LogP contribution >= 0.6 is 11.3 Å². The van der Waals surface area contributed by atoms with Gasteiger partial charge in [0.25, 0.3) is 5.91 Å². The molecule has 0 aliphatic carbocycles. The van der Waals surface area contributed by atoms with E-state index in [1.807, 2.05) is 13.0 Å². The van der Waals surface area contributed by atoms with Gasteiger partial charge in [-0.3, -0.25) is 4.79 Å². The topological polar surface area (TPSA) is 73.6 Å². The van der Waals surface area contributed by atoms with Gasteiger partial charge in [0, 0.05) is 17.7 Å². The van der Waals surface area contributed by atoms with E-state index in [1.165, 1.54) is 11.3 Å². The van der Waals surface area contributed by atoms with Crippen LogP contribution in [0.25, 0.3) is 10.8 Å². The van der Waals surface area contributed by atoms with Crippen LogP contribution in [0.5, 0.6) is 5.75 Å². The first-order valence-electron chi connectivity index (χ1n) is 7.72. The number of anilines is 1. The highest BCUT2D eigenvalue weighted by Gasteiger charge is 2.17. The van der Waals surface area contributed by atoms with Gasteiger partial charge < -0.3 is 19.2 Å². The third-order valence-electron chi connectivity index (χ3n) is 3.41. The van der Waals surface area contributed by atoms with Gasteiger partial charge in [-0.1, -0.05) is 0 Å². The maximum Gasteiger partial charge on any atom is 0.275 e. The van der Waals surface area contributed by atoms with Crippen LogP contribution in [0.2, 0.25) is 0 Å². The number of carbonyl (C=O) groups excluding carboxylic acids is 1. The lowest BCUT2D eigenvalue weighted by Gasteiger charge is -2.07. The van der Waals surface area contributed by atoms with Crippen LogP contribution in [0.4, 0.5) is 5.69 Å². The van der Waals surface area contributed by atoms with Gasteiger partial charge in [0.2, 0.25) is 0 Å². The van der Waals surface area contributed by atoms with E-state index in [-0.39, 0.29) is 5.91 Å². The number of carbonyl (C=O) groups is 1. The van der Waals surface area contributed by atoms with E-state index in [9.17, 15) is 4.79 Å². The smallest absolute Gasteiger partial charge is 0.275 e. The monoisotopic (exact) mass is 358 g/mol. The SMILES string of the molecule is COCCOc1ccc(NC(=O)c2nc(-c3ccco3)sc2C)cc1. The number of aromatic nitrogens is 1. The molecule has 1 N–H and O–H groups in total. The van der Waals surface area contributed by atoms with Crippen LogP contribution in [-0.4, -0.2) is 31.2 Å². The molecule has 6 nitrogen and oxygen atoms in total. The van der Waals surface area contributed by atoms with Gasteiger partial charge in [-0.2, -0.15) is 0 Å². The van der Waals surface area contributed by atoms with Crippen molar-refractivity contribution in [1.82, 2.24) is 4.98 Å². The molecule has 0 saturated heterocycles. The fraction of sp³-hybridized carbons (Fsp3) is 0.222. The number of methoxy groups -OCH3 is 1. The first-order valence-corrected chi connectivity index (χ1v) is 8.53. The number of nitrogens with one attached hydrogen (secondary N) is 1. The van der Waals surface area contributed by atoms with Crippen LogP contribution in [0.15, 0.2) is 47.1 Å². The highest BCUT2D eigenvalue weighted by atomic mass is 32.1. The van der Waals surface area contributed by atoms with E-state index in [0.717, 1.165) is 10.6 Å². The van der Waals surface area contributed by atoms with E-state index in [0.29, 0.717) is 35.4 Å². The number of nitrogens with zero attached hydrogens (tertiary/aromatic N) is 1. The Kier molecular flexibility index (Phi) is 5.47. The minimum Gasteiger partial charge on any atom is -0.491 e. The predicted molar refractivity (Wildman–Crippen MR) is 96.3 cm³/mol. The summed E-state index contributed by atoms with van der Waals surface area (Å²) >= 11 is 1.43. The van der Waals surface area contributed by atoms with E-state index < -0.39 is 0 Å². The molecule has 1 aromatic carbocycles. The molecule has 130 valence electrons. The molecule has 3 rings (SSSR count). The number of hydrogen-bond acceptors (Lipinski definition) is 6. The summed E-state index contributed by atoms with van der Waals surface area (Å²) in [5.41, 5.74) is 1.08. The molecule has 3 aromatic rings. The molecule has 0 aliphatic heterocycles. The van der Waals surface area contributed by atoms with Crippen molar-refractivity contribution in [3.8, 4) is 16.5 Å². The highest BCUT2D eigenvalue weighted by Crippen LogP contribution is 2.28. The average Bonchev–Trinajstić information content (AvgIpc) is 3.26. The van der Waals surface area contributed by atoms with Gasteiger partial charge in [-0.15, -0.1) is 11.3 Å². The fourth-order valence-electron chi connectivity index (χ4n) is 2.18. The zero-order valence-electron chi connectivity index (χ0n) is 13.9. The molecule has 2 aromatic heterocycles. The Morgan fingerprint density at radius 2 is 2.04 bits per heavy atom. The summed E-state index contributed by atoms with van der Waals surface area (Å²) in [5.74, 6) is 1.13. The van der Waals surface area contributed by atoms with Crippen molar-refractivity contribution >= 4 is 22.9 Å². The quantitative estimate of drug-likeness (QED) is 0.647. The Bertz CT molecular complexity index is 825. The van der Waals surface area contributed by atoms with Gasteiger partial charge in [0.15, 0.2) is 10.8 Å². The second-order valence-electron chi connectivity index (χ2n) is 5.22. The molecule has 0 unspecified atom stereocenters. The highest BCUT2D eigenvalue weighted by molar-refractivity contribution is 7.15. The molecule has 0 aliphatic rings. The third kappa shape index (κ3) is 4.26. The van der Waals surface area contributed by atoms with Crippen molar-refractivity contribution in [2.45, 2.75) is 6.92 Å². The Morgan fingerprint density at radius 1 is 1.24 bits per heavy atom. The van der Waals surface area contributed by atoms with E-state index >= 15 is 0 Å². The van der Waals surface area contributed by atoms with Crippen LogP contribution in [0.1, 0.15) is 15.4 Å². The molecule has 0 radical (unpaired) electrons. The molecule has 0 fully saturated rings. The van der Waals surface area contributed by atoms with Crippen molar-refractivity contribution < 1.29 is 18.7 Å². The Labute approximate surface area is 149 Å². The van der Waals surface area contributed by atoms with Crippen molar-refractivity contribution in [3.05, 3.63) is 53.2 Å². The maximum atomic E-state index is 12.5. The molecule has 0 bridgehead atoms. The zero-order chi connectivity index (χ0) is 17.6. The summed E-state index contributed by atoms with van der Waals surface area (Å²) in [5, 5.41) is 3.54. The number of ether oxygens (including phenoxy) is 2. The van der Waals surface area contributed by atoms with Gasteiger partial charge in [-0.05, 0) is 43.3 Å². The number of aryl methyl sites for hydroxylation is 1. The molecule has 25 heavy (non-hydrogen) atoms. The summed E-state index contributed by atoms with van der Waals surface area (Å²) in [6.07, 6.45) is 1.59. The Morgan fingerprint density at radius 3 is 2.72 bits per heavy atom. The molecular weight excluding hydrogens is 340 g/mol. The van der Waals surface area contributed by atoms with E-state index in [2.05, 4.69) is 10.3 Å². The number of hydrogen-bond donors (Lipinski definition) is 1. The molecule has 1 amide bonds. The second kappa shape index (κ2) is 7.96. The van der Waals surface area contributed by atoms with Gasteiger partial charge in [-0.25, -0.2) is 4.98 Å². The van der Waals surface area contributed by atoms with E-state index in [4.69, 9.17) is 13.9 Å². The van der Waals surface area contributed by atoms with Crippen LogP contribution in [-0.2, 0) is 4.74 Å². The minimum absolute atomic E-state index is 0.250. The molecule has 2 heterocycles. The summed E-state index contributed by atoms with van der Waals surface area (Å²) in [7, 11) is 1.62. The maximum absolute atomic E-state index is 12.5. The van der Waals surface area contributed by atoms with E-state index in [1.54, 1.807) is 43.7 Å². The normalized spacial score (nSPS) is 10.6. The summed E-state index contributed by atoms with van der Waals surface area (Å²) in [4.78, 5) is 17.7. The Balaban J connectivity index is 1.66. The van der Waals surface area contributed by atoms with Crippen molar-refractivity contribution in [1.29, 1.82) is 0 Å². The lowest BCUT2D eigenvalue weighted by atomic mass is 10.3. The number of furan rings is 1. The standard InChI is InChI=1S/C18H18N2O4S/c1-12-16(20-18(25-12)15-4-3-9-24-15)17(21)19-13-5-7-14(8-6-13)23-11-10-22-2/h3-9H,10-11H2,1-2H3,(H,19,21). The van der Waals surface area contributed by atoms with Crippen LogP contribution in [0.3, 0.4) is 0 Å². The lowest BCUT2D eigenvalue weighted by Crippen LogP contribution is -2.13. The predicted octanol–water partition coefficient (Wildman–Crippen LogP) is 3.99. The molecule has 0 spiro atoms. The second-order valence-corrected chi connectivity index (χ2v) is 6.42. The lowest BCUT2D eigenvalue weighted by molar-refractivity contribution is 0.102. The minimum atomic E-state index is -0.250.